The van der Waals surface area contributed by atoms with Crippen LogP contribution in [0.1, 0.15) is 25.8 Å². The first kappa shape index (κ1) is 9.38. The lowest BCUT2D eigenvalue weighted by atomic mass is 10.1. The molecule has 1 aromatic carbocycles. The molecule has 0 radical (unpaired) electrons. The number of nitrogens with one attached hydrogen (secondary N) is 1. The normalized spacial score (nSPS) is 23.2. The standard InChI is InChI=1S/C12H18N2/c1-8-4-5-9(13)10(6-8)14-11-7-12(11,2)3/h4-6,11,14H,7,13H2,1-3H3. The van der Waals surface area contributed by atoms with Crippen LogP contribution < -0.4 is 11.1 Å². The Kier molecular flexibility index (Phi) is 1.95. The van der Waals surface area contributed by atoms with Crippen molar-refractivity contribution in [3.63, 3.8) is 0 Å². The third kappa shape index (κ3) is 1.69. The predicted octanol–water partition coefficient (Wildman–Crippen LogP) is 2.79. The van der Waals surface area contributed by atoms with Crippen LogP contribution in [0.15, 0.2) is 18.2 Å². The van der Waals surface area contributed by atoms with Crippen molar-refractivity contribution in [2.75, 3.05) is 11.1 Å². The summed E-state index contributed by atoms with van der Waals surface area (Å²) in [6, 6.07) is 6.71. The lowest BCUT2D eigenvalue weighted by Gasteiger charge is -2.11. The predicted molar refractivity (Wildman–Crippen MR) is 61.4 cm³/mol. The van der Waals surface area contributed by atoms with Gasteiger partial charge in [-0.1, -0.05) is 19.9 Å². The van der Waals surface area contributed by atoms with E-state index in [0.717, 1.165) is 11.4 Å². The van der Waals surface area contributed by atoms with Crippen molar-refractivity contribution >= 4 is 11.4 Å². The van der Waals surface area contributed by atoms with E-state index in [9.17, 15) is 0 Å². The Hall–Kier alpha value is -1.18. The molecule has 14 heavy (non-hydrogen) atoms. The Morgan fingerprint density at radius 2 is 2.07 bits per heavy atom. The summed E-state index contributed by atoms with van der Waals surface area (Å²) in [5.74, 6) is 0. The van der Waals surface area contributed by atoms with Crippen LogP contribution in [-0.4, -0.2) is 6.04 Å². The van der Waals surface area contributed by atoms with Gasteiger partial charge in [-0.25, -0.2) is 0 Å². The van der Waals surface area contributed by atoms with Crippen molar-refractivity contribution in [2.45, 2.75) is 33.2 Å². The van der Waals surface area contributed by atoms with Crippen molar-refractivity contribution in [1.82, 2.24) is 0 Å². The maximum absolute atomic E-state index is 5.89. The summed E-state index contributed by atoms with van der Waals surface area (Å²) in [5.41, 5.74) is 9.51. The minimum atomic E-state index is 0.441. The van der Waals surface area contributed by atoms with Gasteiger partial charge < -0.3 is 11.1 Å². The molecule has 3 N–H and O–H groups in total. The average molecular weight is 190 g/mol. The molecule has 1 aliphatic rings. The zero-order chi connectivity index (χ0) is 10.3. The molecule has 2 heteroatoms. The third-order valence-corrected chi connectivity index (χ3v) is 3.05. The topological polar surface area (TPSA) is 38.0 Å². The van der Waals surface area contributed by atoms with E-state index in [0.29, 0.717) is 11.5 Å². The fourth-order valence-corrected chi connectivity index (χ4v) is 1.70. The molecule has 0 heterocycles. The molecule has 1 unspecified atom stereocenters. The Morgan fingerprint density at radius 3 is 2.64 bits per heavy atom. The van der Waals surface area contributed by atoms with E-state index in [4.69, 9.17) is 5.73 Å². The van der Waals surface area contributed by atoms with Crippen molar-refractivity contribution in [3.05, 3.63) is 23.8 Å². The van der Waals surface area contributed by atoms with E-state index in [-0.39, 0.29) is 0 Å². The summed E-state index contributed by atoms with van der Waals surface area (Å²) in [7, 11) is 0. The molecule has 1 fully saturated rings. The lowest BCUT2D eigenvalue weighted by molar-refractivity contribution is 0.631. The van der Waals surface area contributed by atoms with Gasteiger partial charge in [0.1, 0.15) is 0 Å². The second kappa shape index (κ2) is 2.91. The molecule has 0 aromatic heterocycles. The molecular weight excluding hydrogens is 172 g/mol. The summed E-state index contributed by atoms with van der Waals surface area (Å²) in [5, 5.41) is 3.49. The number of hydrogen-bond donors (Lipinski definition) is 2. The summed E-state index contributed by atoms with van der Waals surface area (Å²) in [4.78, 5) is 0. The molecule has 1 saturated carbocycles. The monoisotopic (exact) mass is 190 g/mol. The van der Waals surface area contributed by atoms with Gasteiger partial charge in [0.2, 0.25) is 0 Å². The molecule has 0 aliphatic heterocycles. The zero-order valence-corrected chi connectivity index (χ0v) is 9.09. The van der Waals surface area contributed by atoms with Crippen molar-refractivity contribution < 1.29 is 0 Å². The smallest absolute Gasteiger partial charge is 0.0578 e. The zero-order valence-electron chi connectivity index (χ0n) is 9.09. The van der Waals surface area contributed by atoms with Gasteiger partial charge in [0.05, 0.1) is 11.4 Å². The van der Waals surface area contributed by atoms with Gasteiger partial charge in [-0.2, -0.15) is 0 Å². The van der Waals surface area contributed by atoms with Gasteiger partial charge in [0.25, 0.3) is 0 Å². The van der Waals surface area contributed by atoms with Gasteiger partial charge in [0, 0.05) is 6.04 Å². The first-order valence-electron chi connectivity index (χ1n) is 5.12. The maximum Gasteiger partial charge on any atom is 0.0578 e. The average Bonchev–Trinajstić information content (AvgIpc) is 2.67. The number of rotatable bonds is 2. The second-order valence-electron chi connectivity index (χ2n) is 4.98. The number of benzene rings is 1. The van der Waals surface area contributed by atoms with E-state index >= 15 is 0 Å². The lowest BCUT2D eigenvalue weighted by Crippen LogP contribution is -2.10. The van der Waals surface area contributed by atoms with Crippen molar-refractivity contribution in [1.29, 1.82) is 0 Å². The van der Waals surface area contributed by atoms with Crippen LogP contribution in [0, 0.1) is 12.3 Å². The van der Waals surface area contributed by atoms with E-state index in [2.05, 4.69) is 32.2 Å². The first-order valence-corrected chi connectivity index (χ1v) is 5.12. The quantitative estimate of drug-likeness (QED) is 0.704. The van der Waals surface area contributed by atoms with E-state index in [1.807, 2.05) is 12.1 Å². The van der Waals surface area contributed by atoms with Crippen LogP contribution >= 0.6 is 0 Å². The van der Waals surface area contributed by atoms with Crippen molar-refractivity contribution in [2.24, 2.45) is 5.41 Å². The minimum Gasteiger partial charge on any atom is -0.397 e. The minimum absolute atomic E-state index is 0.441. The number of anilines is 2. The third-order valence-electron chi connectivity index (χ3n) is 3.05. The molecule has 76 valence electrons. The highest BCUT2D eigenvalue weighted by Crippen LogP contribution is 2.47. The summed E-state index contributed by atoms with van der Waals surface area (Å²) < 4.78 is 0. The number of aryl methyl sites for hydroxylation is 1. The van der Waals surface area contributed by atoms with Crippen LogP contribution in [0.3, 0.4) is 0 Å². The highest BCUT2D eigenvalue weighted by atomic mass is 15.0. The summed E-state index contributed by atoms with van der Waals surface area (Å²) in [6.07, 6.45) is 1.24. The van der Waals surface area contributed by atoms with Crippen molar-refractivity contribution in [3.8, 4) is 0 Å². The van der Waals surface area contributed by atoms with E-state index in [1.165, 1.54) is 12.0 Å². The van der Waals surface area contributed by atoms with Crippen LogP contribution in [0.2, 0.25) is 0 Å². The van der Waals surface area contributed by atoms with Gasteiger partial charge in [-0.05, 0) is 36.5 Å². The number of nitrogens with two attached hydrogens (primary N) is 1. The fourth-order valence-electron chi connectivity index (χ4n) is 1.70. The summed E-state index contributed by atoms with van der Waals surface area (Å²) >= 11 is 0. The number of nitrogen functional groups attached to an aromatic ring is 1. The molecule has 2 nitrogen and oxygen atoms in total. The Balaban J connectivity index is 2.13. The number of hydrogen-bond acceptors (Lipinski definition) is 2. The van der Waals surface area contributed by atoms with Gasteiger partial charge in [-0.15, -0.1) is 0 Å². The summed E-state index contributed by atoms with van der Waals surface area (Å²) in [6.45, 7) is 6.63. The maximum atomic E-state index is 5.89. The van der Waals surface area contributed by atoms with E-state index < -0.39 is 0 Å². The van der Waals surface area contributed by atoms with Gasteiger partial charge >= 0.3 is 0 Å². The molecule has 0 bridgehead atoms. The molecule has 1 aromatic rings. The Bertz CT molecular complexity index is 355. The largest absolute Gasteiger partial charge is 0.397 e. The van der Waals surface area contributed by atoms with Gasteiger partial charge in [-0.3, -0.25) is 0 Å². The van der Waals surface area contributed by atoms with Gasteiger partial charge in [0.15, 0.2) is 0 Å². The highest BCUT2D eigenvalue weighted by Gasteiger charge is 2.45. The van der Waals surface area contributed by atoms with E-state index in [1.54, 1.807) is 0 Å². The molecule has 0 amide bonds. The molecule has 2 rings (SSSR count). The Morgan fingerprint density at radius 1 is 1.43 bits per heavy atom. The second-order valence-corrected chi connectivity index (χ2v) is 4.98. The van der Waals surface area contributed by atoms with Crippen LogP contribution in [0.25, 0.3) is 0 Å². The SMILES string of the molecule is Cc1ccc(N)c(NC2CC2(C)C)c1. The Labute approximate surface area is 85.5 Å². The molecule has 0 spiro atoms. The first-order chi connectivity index (χ1) is 6.49. The van der Waals surface area contributed by atoms with Crippen LogP contribution in [-0.2, 0) is 0 Å². The molecular formula is C12H18N2. The molecule has 1 aliphatic carbocycles. The van der Waals surface area contributed by atoms with Crippen LogP contribution in [0.4, 0.5) is 11.4 Å². The highest BCUT2D eigenvalue weighted by molar-refractivity contribution is 5.67. The van der Waals surface area contributed by atoms with Crippen LogP contribution in [0.5, 0.6) is 0 Å². The molecule has 1 atom stereocenters. The molecule has 0 saturated heterocycles. The fraction of sp³-hybridized carbons (Fsp3) is 0.500.